The Balaban J connectivity index is 2.25. The maximum Gasteiger partial charge on any atom is 0.330 e. The number of aliphatic hydroxyl groups is 1. The van der Waals surface area contributed by atoms with E-state index in [1.807, 2.05) is 0 Å². The van der Waals surface area contributed by atoms with Crippen LogP contribution in [-0.4, -0.2) is 40.6 Å². The number of aliphatic hydroxyl groups excluding tert-OH is 1. The quantitative estimate of drug-likeness (QED) is 0.696. The zero-order chi connectivity index (χ0) is 12.4. The first kappa shape index (κ1) is 12.0. The van der Waals surface area contributed by atoms with Gasteiger partial charge in [-0.15, -0.1) is 0 Å². The lowest BCUT2D eigenvalue weighted by Gasteiger charge is -2.14. The van der Waals surface area contributed by atoms with E-state index in [9.17, 15) is 9.59 Å². The number of aromatic nitrogens is 2. The molecule has 0 unspecified atom stereocenters. The Bertz CT molecular complexity index is 482. The Morgan fingerprint density at radius 2 is 2.41 bits per heavy atom. The van der Waals surface area contributed by atoms with Gasteiger partial charge in [0.15, 0.2) is 0 Å². The SMILES string of the molecule is CO[C@@H]1C[C@H](n2ccc(=O)[nH]c2=O)O[C@@H]1CO. The van der Waals surface area contributed by atoms with E-state index in [1.165, 1.54) is 23.9 Å². The molecule has 94 valence electrons. The van der Waals surface area contributed by atoms with Crippen LogP contribution in [0, 0.1) is 0 Å². The first-order valence-corrected chi connectivity index (χ1v) is 5.26. The number of nitrogens with one attached hydrogen (secondary N) is 1. The molecule has 0 aliphatic carbocycles. The summed E-state index contributed by atoms with van der Waals surface area (Å²) in [5.74, 6) is 0. The van der Waals surface area contributed by atoms with Gasteiger partial charge in [0.05, 0.1) is 12.7 Å². The number of hydrogen-bond acceptors (Lipinski definition) is 5. The van der Waals surface area contributed by atoms with Crippen LogP contribution >= 0.6 is 0 Å². The Morgan fingerprint density at radius 1 is 1.65 bits per heavy atom. The number of ether oxygens (including phenoxy) is 2. The molecule has 1 fully saturated rings. The van der Waals surface area contributed by atoms with Crippen molar-refractivity contribution in [2.45, 2.75) is 24.9 Å². The maximum atomic E-state index is 11.5. The van der Waals surface area contributed by atoms with Crippen molar-refractivity contribution in [1.82, 2.24) is 9.55 Å². The number of H-pyrrole nitrogens is 1. The molecule has 1 aliphatic rings. The molecule has 2 rings (SSSR count). The van der Waals surface area contributed by atoms with Crippen molar-refractivity contribution in [2.24, 2.45) is 0 Å². The first-order valence-electron chi connectivity index (χ1n) is 5.26. The Hall–Kier alpha value is -1.44. The molecule has 3 atom stereocenters. The van der Waals surface area contributed by atoms with Crippen LogP contribution in [0.25, 0.3) is 0 Å². The third kappa shape index (κ3) is 2.31. The summed E-state index contributed by atoms with van der Waals surface area (Å²) >= 11 is 0. The molecule has 1 aromatic heterocycles. The summed E-state index contributed by atoms with van der Waals surface area (Å²) in [5.41, 5.74) is -0.984. The third-order valence-electron chi connectivity index (χ3n) is 2.82. The zero-order valence-corrected chi connectivity index (χ0v) is 9.33. The van der Waals surface area contributed by atoms with Gasteiger partial charge in [0.1, 0.15) is 12.3 Å². The van der Waals surface area contributed by atoms with Gasteiger partial charge >= 0.3 is 5.69 Å². The summed E-state index contributed by atoms with van der Waals surface area (Å²) < 4.78 is 11.9. The van der Waals surface area contributed by atoms with Crippen LogP contribution in [0.1, 0.15) is 12.6 Å². The van der Waals surface area contributed by atoms with Gasteiger partial charge in [0.2, 0.25) is 0 Å². The molecule has 1 saturated heterocycles. The van der Waals surface area contributed by atoms with Gasteiger partial charge in [0, 0.05) is 25.8 Å². The minimum absolute atomic E-state index is 0.174. The molecule has 2 heterocycles. The van der Waals surface area contributed by atoms with E-state index < -0.39 is 23.6 Å². The number of nitrogens with zero attached hydrogens (tertiary/aromatic N) is 1. The van der Waals surface area contributed by atoms with E-state index in [2.05, 4.69) is 4.98 Å². The minimum atomic E-state index is -0.532. The Labute approximate surface area is 96.6 Å². The average molecular weight is 242 g/mol. The van der Waals surface area contributed by atoms with Crippen molar-refractivity contribution >= 4 is 0 Å². The molecule has 0 aromatic carbocycles. The fourth-order valence-electron chi connectivity index (χ4n) is 1.94. The van der Waals surface area contributed by atoms with Crippen molar-refractivity contribution in [3.05, 3.63) is 33.1 Å². The predicted octanol–water partition coefficient (Wildman–Crippen LogP) is -1.17. The van der Waals surface area contributed by atoms with Crippen molar-refractivity contribution in [3.63, 3.8) is 0 Å². The highest BCUT2D eigenvalue weighted by atomic mass is 16.6. The highest BCUT2D eigenvalue weighted by Crippen LogP contribution is 2.28. The van der Waals surface area contributed by atoms with Crippen molar-refractivity contribution in [1.29, 1.82) is 0 Å². The number of hydrogen-bond donors (Lipinski definition) is 2. The van der Waals surface area contributed by atoms with E-state index in [0.717, 1.165) is 0 Å². The number of rotatable bonds is 3. The van der Waals surface area contributed by atoms with Crippen LogP contribution in [0.2, 0.25) is 0 Å². The lowest BCUT2D eigenvalue weighted by Crippen LogP contribution is -2.31. The van der Waals surface area contributed by atoms with Gasteiger partial charge in [-0.25, -0.2) is 4.79 Å². The molecule has 2 N–H and O–H groups in total. The maximum absolute atomic E-state index is 11.5. The predicted molar refractivity (Wildman–Crippen MR) is 57.7 cm³/mol. The molecule has 1 aromatic rings. The van der Waals surface area contributed by atoms with Gasteiger partial charge in [-0.2, -0.15) is 0 Å². The van der Waals surface area contributed by atoms with Crippen LogP contribution in [0.5, 0.6) is 0 Å². The van der Waals surface area contributed by atoms with E-state index in [-0.39, 0.29) is 12.7 Å². The molecule has 0 saturated carbocycles. The second kappa shape index (κ2) is 4.82. The fraction of sp³-hybridized carbons (Fsp3) is 0.600. The van der Waals surface area contributed by atoms with Gasteiger partial charge in [-0.05, 0) is 0 Å². The molecule has 0 bridgehead atoms. The Morgan fingerprint density at radius 3 is 2.94 bits per heavy atom. The first-order chi connectivity index (χ1) is 8.15. The summed E-state index contributed by atoms with van der Waals surface area (Å²) in [6.07, 6.45) is 0.584. The summed E-state index contributed by atoms with van der Waals surface area (Å²) in [4.78, 5) is 24.6. The summed E-state index contributed by atoms with van der Waals surface area (Å²) in [7, 11) is 1.52. The molecular formula is C10H14N2O5. The molecule has 7 heteroatoms. The van der Waals surface area contributed by atoms with Crippen molar-refractivity contribution in [2.75, 3.05) is 13.7 Å². The standard InChI is InChI=1S/C10H14N2O5/c1-16-6-4-9(17-7(6)5-13)12-3-2-8(14)11-10(12)15/h2-3,6-7,9,13H,4-5H2,1H3,(H,11,14,15)/t6-,7-,9-/m1/s1. The van der Waals surface area contributed by atoms with Crippen LogP contribution in [0.3, 0.4) is 0 Å². The molecule has 0 amide bonds. The molecule has 0 spiro atoms. The zero-order valence-electron chi connectivity index (χ0n) is 9.33. The van der Waals surface area contributed by atoms with E-state index in [1.54, 1.807) is 0 Å². The van der Waals surface area contributed by atoms with E-state index >= 15 is 0 Å². The van der Waals surface area contributed by atoms with Crippen molar-refractivity contribution < 1.29 is 14.6 Å². The Kier molecular flexibility index (Phi) is 3.41. The summed E-state index contributed by atoms with van der Waals surface area (Å²) in [6, 6.07) is 1.25. The minimum Gasteiger partial charge on any atom is -0.394 e. The van der Waals surface area contributed by atoms with Gasteiger partial charge in [-0.1, -0.05) is 0 Å². The fourth-order valence-corrected chi connectivity index (χ4v) is 1.94. The monoisotopic (exact) mass is 242 g/mol. The van der Waals surface area contributed by atoms with Gasteiger partial charge in [0.25, 0.3) is 5.56 Å². The molecule has 0 radical (unpaired) electrons. The molecular weight excluding hydrogens is 228 g/mol. The molecule has 1 aliphatic heterocycles. The highest BCUT2D eigenvalue weighted by molar-refractivity contribution is 4.88. The van der Waals surface area contributed by atoms with Crippen LogP contribution in [-0.2, 0) is 9.47 Å². The third-order valence-corrected chi connectivity index (χ3v) is 2.82. The number of aromatic amines is 1. The van der Waals surface area contributed by atoms with Gasteiger partial charge < -0.3 is 14.6 Å². The second-order valence-corrected chi connectivity index (χ2v) is 3.84. The highest BCUT2D eigenvalue weighted by Gasteiger charge is 2.36. The van der Waals surface area contributed by atoms with Crippen LogP contribution in [0.4, 0.5) is 0 Å². The van der Waals surface area contributed by atoms with Crippen LogP contribution in [0.15, 0.2) is 21.9 Å². The molecule has 17 heavy (non-hydrogen) atoms. The lowest BCUT2D eigenvalue weighted by molar-refractivity contribution is -0.0535. The normalized spacial score (nSPS) is 28.5. The summed E-state index contributed by atoms with van der Waals surface area (Å²) in [6.45, 7) is -0.174. The van der Waals surface area contributed by atoms with Crippen molar-refractivity contribution in [3.8, 4) is 0 Å². The topological polar surface area (TPSA) is 93.6 Å². The van der Waals surface area contributed by atoms with Crippen LogP contribution < -0.4 is 11.2 Å². The smallest absolute Gasteiger partial charge is 0.330 e. The lowest BCUT2D eigenvalue weighted by atomic mass is 10.2. The van der Waals surface area contributed by atoms with Gasteiger partial charge in [-0.3, -0.25) is 14.3 Å². The summed E-state index contributed by atoms with van der Waals surface area (Å²) in [5, 5.41) is 9.10. The largest absolute Gasteiger partial charge is 0.394 e. The van der Waals surface area contributed by atoms with E-state index in [4.69, 9.17) is 14.6 Å². The second-order valence-electron chi connectivity index (χ2n) is 3.84. The average Bonchev–Trinajstić information content (AvgIpc) is 2.72. The van der Waals surface area contributed by atoms with E-state index in [0.29, 0.717) is 6.42 Å². The molecule has 7 nitrogen and oxygen atoms in total. The number of methoxy groups -OCH3 is 1.